The Bertz CT molecular complexity index is 464. The fourth-order valence-electron chi connectivity index (χ4n) is 1.98. The number of nitrogens with zero attached hydrogens (tertiary/aromatic N) is 1. The number of ether oxygens (including phenoxy) is 2. The lowest BCUT2D eigenvalue weighted by atomic mass is 10.1. The molecule has 3 N–H and O–H groups in total. The number of hydrogen-bond donors (Lipinski definition) is 2. The summed E-state index contributed by atoms with van der Waals surface area (Å²) in [6.45, 7) is 2.03. The third-order valence-corrected chi connectivity index (χ3v) is 2.88. The summed E-state index contributed by atoms with van der Waals surface area (Å²) in [6, 6.07) is 4.85. The third-order valence-electron chi connectivity index (χ3n) is 2.88. The first-order valence-electron chi connectivity index (χ1n) is 6.11. The smallest absolute Gasteiger partial charge is 0.321 e. The number of carboxylic acids is 1. The second kappa shape index (κ2) is 5.90. The van der Waals surface area contributed by atoms with Gasteiger partial charge in [0.15, 0.2) is 11.5 Å². The molecule has 0 aromatic heterocycles. The van der Waals surface area contributed by atoms with Crippen LogP contribution in [0.3, 0.4) is 0 Å². The minimum absolute atomic E-state index is 0.295. The minimum atomic E-state index is -0.992. The number of carbonyl (C=O) groups is 1. The lowest BCUT2D eigenvalue weighted by Crippen LogP contribution is -2.40. The Labute approximate surface area is 111 Å². The largest absolute Gasteiger partial charge is 0.486 e. The van der Waals surface area contributed by atoms with E-state index in [0.29, 0.717) is 26.3 Å². The predicted molar refractivity (Wildman–Crippen MR) is 69.4 cm³/mol. The number of rotatable bonds is 5. The van der Waals surface area contributed by atoms with Gasteiger partial charge in [0, 0.05) is 13.1 Å². The topological polar surface area (TPSA) is 85.0 Å². The summed E-state index contributed by atoms with van der Waals surface area (Å²) >= 11 is 0. The van der Waals surface area contributed by atoms with Crippen molar-refractivity contribution in [2.24, 2.45) is 5.73 Å². The molecule has 1 aromatic rings. The SMILES string of the molecule is CN(Cc1ccc2c(c1)OCCO2)CC(N)C(=O)O. The molecule has 19 heavy (non-hydrogen) atoms. The van der Waals surface area contributed by atoms with Crippen LogP contribution < -0.4 is 15.2 Å². The molecular formula is C13H18N2O4. The summed E-state index contributed by atoms with van der Waals surface area (Å²) in [5, 5.41) is 8.77. The van der Waals surface area contributed by atoms with Crippen molar-refractivity contribution in [3.8, 4) is 11.5 Å². The quantitative estimate of drug-likeness (QED) is 0.797. The van der Waals surface area contributed by atoms with Gasteiger partial charge in [-0.3, -0.25) is 9.69 Å². The Morgan fingerprint density at radius 2 is 2.11 bits per heavy atom. The molecule has 1 aliphatic heterocycles. The summed E-state index contributed by atoms with van der Waals surface area (Å²) < 4.78 is 10.9. The Morgan fingerprint density at radius 1 is 1.42 bits per heavy atom. The van der Waals surface area contributed by atoms with Crippen LogP contribution in [-0.4, -0.2) is 48.8 Å². The molecule has 104 valence electrons. The molecule has 0 saturated carbocycles. The van der Waals surface area contributed by atoms with Crippen LogP contribution in [0.15, 0.2) is 18.2 Å². The molecule has 0 fully saturated rings. The highest BCUT2D eigenvalue weighted by Crippen LogP contribution is 2.30. The van der Waals surface area contributed by atoms with Gasteiger partial charge < -0.3 is 20.3 Å². The molecule has 0 saturated heterocycles. The average molecular weight is 266 g/mol. The summed E-state index contributed by atoms with van der Waals surface area (Å²) in [5.41, 5.74) is 6.53. The number of likely N-dealkylation sites (N-methyl/N-ethyl adjacent to an activating group) is 1. The summed E-state index contributed by atoms with van der Waals surface area (Å²) in [7, 11) is 1.83. The van der Waals surface area contributed by atoms with Gasteiger partial charge in [-0.15, -0.1) is 0 Å². The van der Waals surface area contributed by atoms with Crippen LogP contribution in [0.25, 0.3) is 0 Å². The van der Waals surface area contributed by atoms with Crippen LogP contribution in [-0.2, 0) is 11.3 Å². The summed E-state index contributed by atoms with van der Waals surface area (Å²) in [4.78, 5) is 12.6. The molecule has 1 heterocycles. The highest BCUT2D eigenvalue weighted by atomic mass is 16.6. The lowest BCUT2D eigenvalue weighted by Gasteiger charge is -2.22. The van der Waals surface area contributed by atoms with E-state index in [4.69, 9.17) is 20.3 Å². The fraction of sp³-hybridized carbons (Fsp3) is 0.462. The molecule has 2 rings (SSSR count). The van der Waals surface area contributed by atoms with E-state index in [0.717, 1.165) is 17.1 Å². The Morgan fingerprint density at radius 3 is 2.79 bits per heavy atom. The van der Waals surface area contributed by atoms with Gasteiger partial charge in [-0.25, -0.2) is 0 Å². The van der Waals surface area contributed by atoms with Gasteiger partial charge in [0.25, 0.3) is 0 Å². The van der Waals surface area contributed by atoms with Crippen molar-refractivity contribution in [2.45, 2.75) is 12.6 Å². The maximum atomic E-state index is 10.7. The number of nitrogens with two attached hydrogens (primary N) is 1. The molecule has 0 spiro atoms. The number of fused-ring (bicyclic) bond motifs is 1. The van der Waals surface area contributed by atoms with E-state index in [-0.39, 0.29) is 0 Å². The number of aliphatic carboxylic acids is 1. The molecule has 1 aromatic carbocycles. The van der Waals surface area contributed by atoms with Crippen molar-refractivity contribution in [1.29, 1.82) is 0 Å². The van der Waals surface area contributed by atoms with Crippen LogP contribution >= 0.6 is 0 Å². The van der Waals surface area contributed by atoms with E-state index in [1.807, 2.05) is 30.1 Å². The third kappa shape index (κ3) is 3.59. The number of carboxylic acid groups (broad SMARTS) is 1. The number of benzene rings is 1. The van der Waals surface area contributed by atoms with Crippen LogP contribution in [0, 0.1) is 0 Å². The van der Waals surface area contributed by atoms with E-state index < -0.39 is 12.0 Å². The molecule has 0 bridgehead atoms. The Balaban J connectivity index is 1.97. The first-order valence-corrected chi connectivity index (χ1v) is 6.11. The fourth-order valence-corrected chi connectivity index (χ4v) is 1.98. The second-order valence-electron chi connectivity index (χ2n) is 4.62. The molecular weight excluding hydrogens is 248 g/mol. The molecule has 1 unspecified atom stereocenters. The summed E-state index contributed by atoms with van der Waals surface area (Å²) in [6.07, 6.45) is 0. The normalized spacial score (nSPS) is 15.3. The second-order valence-corrected chi connectivity index (χ2v) is 4.62. The number of hydrogen-bond acceptors (Lipinski definition) is 5. The van der Waals surface area contributed by atoms with Crippen molar-refractivity contribution in [3.05, 3.63) is 23.8 Å². The Hall–Kier alpha value is -1.79. The zero-order valence-electron chi connectivity index (χ0n) is 10.8. The van der Waals surface area contributed by atoms with Crippen molar-refractivity contribution >= 4 is 5.97 Å². The van der Waals surface area contributed by atoms with Gasteiger partial charge in [0.1, 0.15) is 19.3 Å². The Kier molecular flexibility index (Phi) is 4.24. The zero-order chi connectivity index (χ0) is 13.8. The maximum absolute atomic E-state index is 10.7. The van der Waals surface area contributed by atoms with Gasteiger partial charge in [-0.05, 0) is 24.7 Å². The van der Waals surface area contributed by atoms with E-state index in [2.05, 4.69) is 0 Å². The monoisotopic (exact) mass is 266 g/mol. The first-order chi connectivity index (χ1) is 9.06. The van der Waals surface area contributed by atoms with Crippen molar-refractivity contribution in [2.75, 3.05) is 26.8 Å². The molecule has 1 aliphatic rings. The van der Waals surface area contributed by atoms with E-state index in [1.165, 1.54) is 0 Å². The highest BCUT2D eigenvalue weighted by Gasteiger charge is 2.16. The van der Waals surface area contributed by atoms with E-state index in [9.17, 15) is 4.79 Å². The van der Waals surface area contributed by atoms with Crippen LogP contribution in [0.1, 0.15) is 5.56 Å². The first kappa shape index (κ1) is 13.6. The van der Waals surface area contributed by atoms with Gasteiger partial charge in [-0.1, -0.05) is 6.07 Å². The van der Waals surface area contributed by atoms with E-state index >= 15 is 0 Å². The van der Waals surface area contributed by atoms with Crippen LogP contribution in [0.5, 0.6) is 11.5 Å². The molecule has 0 aliphatic carbocycles. The summed E-state index contributed by atoms with van der Waals surface area (Å²) in [5.74, 6) is 0.494. The minimum Gasteiger partial charge on any atom is -0.486 e. The molecule has 6 nitrogen and oxygen atoms in total. The van der Waals surface area contributed by atoms with Crippen molar-refractivity contribution < 1.29 is 19.4 Å². The lowest BCUT2D eigenvalue weighted by molar-refractivity contribution is -0.138. The van der Waals surface area contributed by atoms with E-state index in [1.54, 1.807) is 0 Å². The van der Waals surface area contributed by atoms with Gasteiger partial charge in [0.2, 0.25) is 0 Å². The van der Waals surface area contributed by atoms with Gasteiger partial charge in [0.05, 0.1) is 0 Å². The zero-order valence-corrected chi connectivity index (χ0v) is 10.8. The average Bonchev–Trinajstić information content (AvgIpc) is 2.38. The van der Waals surface area contributed by atoms with Crippen molar-refractivity contribution in [3.63, 3.8) is 0 Å². The highest BCUT2D eigenvalue weighted by molar-refractivity contribution is 5.73. The standard InChI is InChI=1S/C13H18N2O4/c1-15(8-10(14)13(16)17)7-9-2-3-11-12(6-9)19-5-4-18-11/h2-3,6,10H,4-5,7-8,14H2,1H3,(H,16,17). The molecule has 0 amide bonds. The molecule has 1 atom stereocenters. The maximum Gasteiger partial charge on any atom is 0.321 e. The van der Waals surface area contributed by atoms with Gasteiger partial charge in [-0.2, -0.15) is 0 Å². The molecule has 0 radical (unpaired) electrons. The molecule has 6 heteroatoms. The van der Waals surface area contributed by atoms with Crippen LogP contribution in [0.2, 0.25) is 0 Å². The predicted octanol–water partition coefficient (Wildman–Crippen LogP) is 0.301. The van der Waals surface area contributed by atoms with Crippen LogP contribution in [0.4, 0.5) is 0 Å². The van der Waals surface area contributed by atoms with Gasteiger partial charge >= 0.3 is 5.97 Å². The van der Waals surface area contributed by atoms with Crippen molar-refractivity contribution in [1.82, 2.24) is 4.90 Å².